The minimum Gasteiger partial charge on any atom is -0.346 e. The van der Waals surface area contributed by atoms with Gasteiger partial charge in [-0.05, 0) is 19.9 Å². The summed E-state index contributed by atoms with van der Waals surface area (Å²) >= 11 is 1.53. The molecule has 1 aromatic heterocycles. The number of nitrogens with one attached hydrogen (secondary N) is 1. The van der Waals surface area contributed by atoms with E-state index < -0.39 is 0 Å². The Kier molecular flexibility index (Phi) is 4.05. The molecule has 1 aromatic rings. The summed E-state index contributed by atoms with van der Waals surface area (Å²) in [6, 6.07) is 0.202. The van der Waals surface area contributed by atoms with Gasteiger partial charge in [-0.1, -0.05) is 12.8 Å². The molecule has 110 valence electrons. The minimum atomic E-state index is -0.0468. The molecule has 5 nitrogen and oxygen atoms in total. The number of fused-ring (bicyclic) bond motifs is 1. The van der Waals surface area contributed by atoms with Crippen LogP contribution in [-0.4, -0.2) is 41.5 Å². The Morgan fingerprint density at radius 3 is 3.05 bits per heavy atom. The molecule has 1 amide bonds. The lowest BCUT2D eigenvalue weighted by Crippen LogP contribution is -2.49. The van der Waals surface area contributed by atoms with Crippen molar-refractivity contribution < 1.29 is 4.79 Å². The SMILES string of the molecule is CN1CCc2nc(C(=O)NC3CCCCC3N)sc2C1. The number of carbonyl (C=O) groups excluding carboxylic acids is 1. The number of amides is 1. The van der Waals surface area contributed by atoms with Crippen molar-refractivity contribution in [1.29, 1.82) is 0 Å². The quantitative estimate of drug-likeness (QED) is 0.858. The molecule has 2 heterocycles. The lowest BCUT2D eigenvalue weighted by molar-refractivity contribution is 0.0920. The third-order valence-corrected chi connectivity index (χ3v) is 5.33. The molecule has 2 atom stereocenters. The van der Waals surface area contributed by atoms with Gasteiger partial charge in [0.25, 0.3) is 5.91 Å². The molecule has 6 heteroatoms. The van der Waals surface area contributed by atoms with E-state index in [2.05, 4.69) is 22.2 Å². The molecule has 0 aromatic carbocycles. The zero-order chi connectivity index (χ0) is 14.1. The van der Waals surface area contributed by atoms with Crippen molar-refractivity contribution in [2.24, 2.45) is 5.73 Å². The average molecular weight is 294 g/mol. The summed E-state index contributed by atoms with van der Waals surface area (Å²) in [5.74, 6) is -0.0468. The molecule has 0 radical (unpaired) electrons. The van der Waals surface area contributed by atoms with Gasteiger partial charge in [0.2, 0.25) is 0 Å². The monoisotopic (exact) mass is 294 g/mol. The summed E-state index contributed by atoms with van der Waals surface area (Å²) in [5.41, 5.74) is 7.19. The molecule has 20 heavy (non-hydrogen) atoms. The molecule has 1 saturated carbocycles. The van der Waals surface area contributed by atoms with Crippen LogP contribution in [0.2, 0.25) is 0 Å². The number of hydrogen-bond donors (Lipinski definition) is 2. The van der Waals surface area contributed by atoms with Gasteiger partial charge >= 0.3 is 0 Å². The second-order valence-electron chi connectivity index (χ2n) is 5.90. The molecule has 3 N–H and O–H groups in total. The number of nitrogens with two attached hydrogens (primary N) is 1. The summed E-state index contributed by atoms with van der Waals surface area (Å²) in [6.45, 7) is 1.93. The highest BCUT2D eigenvalue weighted by Crippen LogP contribution is 2.25. The Bertz CT molecular complexity index is 501. The van der Waals surface area contributed by atoms with Gasteiger partial charge in [-0.3, -0.25) is 4.79 Å². The van der Waals surface area contributed by atoms with Gasteiger partial charge in [-0.2, -0.15) is 0 Å². The van der Waals surface area contributed by atoms with E-state index in [1.165, 1.54) is 22.6 Å². The smallest absolute Gasteiger partial charge is 0.280 e. The van der Waals surface area contributed by atoms with Gasteiger partial charge in [-0.15, -0.1) is 11.3 Å². The van der Waals surface area contributed by atoms with Crippen LogP contribution in [-0.2, 0) is 13.0 Å². The zero-order valence-electron chi connectivity index (χ0n) is 11.9. The van der Waals surface area contributed by atoms with Gasteiger partial charge in [0, 0.05) is 36.5 Å². The highest BCUT2D eigenvalue weighted by atomic mass is 32.1. The summed E-state index contributed by atoms with van der Waals surface area (Å²) in [6.07, 6.45) is 5.26. The molecule has 0 saturated heterocycles. The van der Waals surface area contributed by atoms with Crippen LogP contribution < -0.4 is 11.1 Å². The lowest BCUT2D eigenvalue weighted by Gasteiger charge is -2.28. The number of hydrogen-bond acceptors (Lipinski definition) is 5. The molecule has 1 fully saturated rings. The fourth-order valence-corrected chi connectivity index (χ4v) is 4.08. The van der Waals surface area contributed by atoms with Crippen molar-refractivity contribution in [3.05, 3.63) is 15.6 Å². The standard InChI is InChI=1S/C14H22N4OS/c1-18-7-6-11-12(8-18)20-14(17-11)13(19)16-10-5-3-2-4-9(10)15/h9-10H,2-8,15H2,1H3,(H,16,19). The minimum absolute atomic E-state index is 0.0468. The van der Waals surface area contributed by atoms with Crippen LogP contribution >= 0.6 is 11.3 Å². The fourth-order valence-electron chi connectivity index (χ4n) is 2.99. The zero-order valence-corrected chi connectivity index (χ0v) is 12.7. The first-order valence-electron chi connectivity index (χ1n) is 7.37. The van der Waals surface area contributed by atoms with E-state index in [-0.39, 0.29) is 18.0 Å². The Hall–Kier alpha value is -0.980. The average Bonchev–Trinajstić information content (AvgIpc) is 2.84. The second-order valence-corrected chi connectivity index (χ2v) is 6.99. The molecule has 2 aliphatic rings. The number of rotatable bonds is 2. The van der Waals surface area contributed by atoms with Crippen LogP contribution in [0.3, 0.4) is 0 Å². The number of likely N-dealkylation sites (N-methyl/N-ethyl adjacent to an activating group) is 1. The third-order valence-electron chi connectivity index (χ3n) is 4.25. The van der Waals surface area contributed by atoms with Crippen molar-refractivity contribution in [1.82, 2.24) is 15.2 Å². The number of nitrogens with zero attached hydrogens (tertiary/aromatic N) is 2. The molecule has 0 bridgehead atoms. The summed E-state index contributed by atoms with van der Waals surface area (Å²) in [7, 11) is 2.10. The van der Waals surface area contributed by atoms with Gasteiger partial charge in [-0.25, -0.2) is 4.98 Å². The van der Waals surface area contributed by atoms with Crippen molar-refractivity contribution in [3.63, 3.8) is 0 Å². The first-order valence-corrected chi connectivity index (χ1v) is 8.18. The maximum atomic E-state index is 12.3. The Morgan fingerprint density at radius 2 is 2.25 bits per heavy atom. The molecule has 2 unspecified atom stereocenters. The molecule has 3 rings (SSSR count). The number of carbonyl (C=O) groups is 1. The van der Waals surface area contributed by atoms with E-state index in [0.29, 0.717) is 5.01 Å². The van der Waals surface area contributed by atoms with E-state index in [0.717, 1.165) is 44.5 Å². The number of aromatic nitrogens is 1. The lowest BCUT2D eigenvalue weighted by atomic mass is 9.91. The van der Waals surface area contributed by atoms with E-state index >= 15 is 0 Å². The van der Waals surface area contributed by atoms with Crippen molar-refractivity contribution >= 4 is 17.2 Å². The highest BCUT2D eigenvalue weighted by molar-refractivity contribution is 7.13. The maximum Gasteiger partial charge on any atom is 0.280 e. The largest absolute Gasteiger partial charge is 0.346 e. The highest BCUT2D eigenvalue weighted by Gasteiger charge is 2.26. The third kappa shape index (κ3) is 2.87. The molecule has 1 aliphatic heterocycles. The summed E-state index contributed by atoms with van der Waals surface area (Å²) in [5, 5.41) is 3.68. The van der Waals surface area contributed by atoms with Gasteiger partial charge in [0.1, 0.15) is 0 Å². The fraction of sp³-hybridized carbons (Fsp3) is 0.714. The van der Waals surface area contributed by atoms with Crippen molar-refractivity contribution in [2.75, 3.05) is 13.6 Å². The molecule has 0 spiro atoms. The van der Waals surface area contributed by atoms with Crippen LogP contribution in [0.1, 0.15) is 46.1 Å². The van der Waals surface area contributed by atoms with Crippen LogP contribution in [0.25, 0.3) is 0 Å². The van der Waals surface area contributed by atoms with E-state index in [1.807, 2.05) is 0 Å². The first kappa shape index (κ1) is 14.0. The molecular formula is C14H22N4OS. The van der Waals surface area contributed by atoms with Crippen molar-refractivity contribution in [2.45, 2.75) is 50.7 Å². The number of thiazole rings is 1. The normalized spacial score (nSPS) is 27.1. The first-order chi connectivity index (χ1) is 9.63. The van der Waals surface area contributed by atoms with Crippen molar-refractivity contribution in [3.8, 4) is 0 Å². The van der Waals surface area contributed by atoms with Gasteiger partial charge in [0.15, 0.2) is 5.01 Å². The van der Waals surface area contributed by atoms with E-state index in [9.17, 15) is 4.79 Å². The predicted octanol–water partition coefficient (Wildman–Crippen LogP) is 1.13. The second kappa shape index (κ2) is 5.79. The maximum absolute atomic E-state index is 12.3. The Balaban J connectivity index is 1.68. The molecule has 1 aliphatic carbocycles. The predicted molar refractivity (Wildman–Crippen MR) is 79.8 cm³/mol. The van der Waals surface area contributed by atoms with Gasteiger partial charge < -0.3 is 16.0 Å². The Labute approximate surface area is 123 Å². The summed E-state index contributed by atoms with van der Waals surface area (Å²) < 4.78 is 0. The van der Waals surface area contributed by atoms with Crippen LogP contribution in [0.15, 0.2) is 0 Å². The van der Waals surface area contributed by atoms with Crippen LogP contribution in [0.4, 0.5) is 0 Å². The van der Waals surface area contributed by atoms with E-state index in [1.54, 1.807) is 0 Å². The summed E-state index contributed by atoms with van der Waals surface area (Å²) in [4.78, 5) is 20.3. The van der Waals surface area contributed by atoms with E-state index in [4.69, 9.17) is 5.73 Å². The van der Waals surface area contributed by atoms with Crippen LogP contribution in [0, 0.1) is 0 Å². The molecular weight excluding hydrogens is 272 g/mol. The van der Waals surface area contributed by atoms with Crippen LogP contribution in [0.5, 0.6) is 0 Å². The van der Waals surface area contributed by atoms with Gasteiger partial charge in [0.05, 0.1) is 5.69 Å². The Morgan fingerprint density at radius 1 is 1.45 bits per heavy atom. The topological polar surface area (TPSA) is 71.2 Å².